The Hall–Kier alpha value is -0.200. The van der Waals surface area contributed by atoms with Gasteiger partial charge in [-0.25, -0.2) is 0 Å². The lowest BCUT2D eigenvalue weighted by atomic mass is 10.2. The van der Waals surface area contributed by atoms with Crippen molar-refractivity contribution in [1.29, 1.82) is 0 Å². The SMILES string of the molecule is CCOC(O)C(N)C1OC(C)O1. The van der Waals surface area contributed by atoms with Gasteiger partial charge in [0.1, 0.15) is 6.04 Å². The number of hydrogen-bond acceptors (Lipinski definition) is 5. The van der Waals surface area contributed by atoms with E-state index in [-0.39, 0.29) is 6.29 Å². The summed E-state index contributed by atoms with van der Waals surface area (Å²) in [5, 5.41) is 9.23. The quantitative estimate of drug-likeness (QED) is 0.560. The van der Waals surface area contributed by atoms with Crippen LogP contribution in [0.1, 0.15) is 13.8 Å². The highest BCUT2D eigenvalue weighted by Gasteiger charge is 2.36. The van der Waals surface area contributed by atoms with Gasteiger partial charge in [-0.2, -0.15) is 0 Å². The monoisotopic (exact) mass is 177 g/mol. The molecular weight excluding hydrogens is 162 g/mol. The van der Waals surface area contributed by atoms with Crippen molar-refractivity contribution in [3.05, 3.63) is 0 Å². The second kappa shape index (κ2) is 4.15. The molecule has 12 heavy (non-hydrogen) atoms. The molecule has 5 nitrogen and oxygen atoms in total. The van der Waals surface area contributed by atoms with E-state index in [1.807, 2.05) is 0 Å². The summed E-state index contributed by atoms with van der Waals surface area (Å²) >= 11 is 0. The maximum Gasteiger partial charge on any atom is 0.183 e. The van der Waals surface area contributed by atoms with Crippen LogP contribution in [-0.4, -0.2) is 36.6 Å². The molecule has 0 aromatic rings. The second-order valence-corrected chi connectivity index (χ2v) is 2.63. The third-order valence-electron chi connectivity index (χ3n) is 1.63. The first-order chi connectivity index (χ1) is 5.65. The molecule has 0 spiro atoms. The highest BCUT2D eigenvalue weighted by Crippen LogP contribution is 2.19. The molecule has 0 amide bonds. The molecule has 1 heterocycles. The van der Waals surface area contributed by atoms with Crippen LogP contribution in [0.2, 0.25) is 0 Å². The molecule has 3 N–H and O–H groups in total. The molecule has 1 fully saturated rings. The van der Waals surface area contributed by atoms with Crippen LogP contribution < -0.4 is 5.73 Å². The molecule has 0 aromatic heterocycles. The minimum Gasteiger partial charge on any atom is -0.366 e. The van der Waals surface area contributed by atoms with Crippen molar-refractivity contribution in [2.24, 2.45) is 5.73 Å². The summed E-state index contributed by atoms with van der Waals surface area (Å²) in [5.74, 6) is 0. The summed E-state index contributed by atoms with van der Waals surface area (Å²) in [6.07, 6.45) is -1.79. The van der Waals surface area contributed by atoms with E-state index < -0.39 is 18.6 Å². The number of hydrogen-bond donors (Lipinski definition) is 2. The van der Waals surface area contributed by atoms with E-state index in [1.165, 1.54) is 0 Å². The Balaban J connectivity index is 2.22. The van der Waals surface area contributed by atoms with Gasteiger partial charge < -0.3 is 25.1 Å². The topological polar surface area (TPSA) is 73.9 Å². The van der Waals surface area contributed by atoms with Gasteiger partial charge in [-0.15, -0.1) is 0 Å². The Morgan fingerprint density at radius 2 is 2.17 bits per heavy atom. The van der Waals surface area contributed by atoms with Crippen molar-refractivity contribution >= 4 is 0 Å². The summed E-state index contributed by atoms with van der Waals surface area (Å²) in [7, 11) is 0. The van der Waals surface area contributed by atoms with Crippen LogP contribution >= 0.6 is 0 Å². The Morgan fingerprint density at radius 1 is 1.58 bits per heavy atom. The molecule has 1 aliphatic heterocycles. The molecule has 0 saturated carbocycles. The number of ether oxygens (including phenoxy) is 3. The van der Waals surface area contributed by atoms with Gasteiger partial charge in [0.2, 0.25) is 0 Å². The van der Waals surface area contributed by atoms with Crippen molar-refractivity contribution in [3.63, 3.8) is 0 Å². The summed E-state index contributed by atoms with van der Waals surface area (Å²) in [5.41, 5.74) is 5.55. The van der Waals surface area contributed by atoms with Crippen LogP contribution in [0.3, 0.4) is 0 Å². The largest absolute Gasteiger partial charge is 0.366 e. The van der Waals surface area contributed by atoms with Crippen molar-refractivity contribution < 1.29 is 19.3 Å². The van der Waals surface area contributed by atoms with E-state index in [0.29, 0.717) is 6.61 Å². The lowest BCUT2D eigenvalue weighted by Gasteiger charge is -2.38. The number of rotatable bonds is 4. The lowest BCUT2D eigenvalue weighted by Crippen LogP contribution is -2.56. The van der Waals surface area contributed by atoms with Crippen LogP contribution in [0.4, 0.5) is 0 Å². The predicted octanol–water partition coefficient (Wildman–Crippen LogP) is -0.612. The fourth-order valence-electron chi connectivity index (χ4n) is 0.986. The van der Waals surface area contributed by atoms with Gasteiger partial charge >= 0.3 is 0 Å². The van der Waals surface area contributed by atoms with E-state index in [0.717, 1.165) is 0 Å². The number of aliphatic hydroxyl groups is 1. The second-order valence-electron chi connectivity index (χ2n) is 2.63. The van der Waals surface area contributed by atoms with Gasteiger partial charge in [-0.1, -0.05) is 0 Å². The van der Waals surface area contributed by atoms with Gasteiger partial charge in [0.15, 0.2) is 18.9 Å². The van der Waals surface area contributed by atoms with Crippen molar-refractivity contribution in [1.82, 2.24) is 0 Å². The Kier molecular flexibility index (Phi) is 3.42. The van der Waals surface area contributed by atoms with Gasteiger partial charge in [0.25, 0.3) is 0 Å². The fourth-order valence-corrected chi connectivity index (χ4v) is 0.986. The van der Waals surface area contributed by atoms with Gasteiger partial charge in [0, 0.05) is 6.61 Å². The van der Waals surface area contributed by atoms with Crippen molar-refractivity contribution in [2.45, 2.75) is 38.8 Å². The molecule has 0 aromatic carbocycles. The molecule has 5 heteroatoms. The number of aliphatic hydroxyl groups excluding tert-OH is 1. The first kappa shape index (κ1) is 9.88. The summed E-state index contributed by atoms with van der Waals surface area (Å²) in [4.78, 5) is 0. The predicted molar refractivity (Wildman–Crippen MR) is 41.0 cm³/mol. The minimum atomic E-state index is -1.02. The molecular formula is C7H15NO4. The zero-order valence-corrected chi connectivity index (χ0v) is 7.27. The van der Waals surface area contributed by atoms with E-state index in [2.05, 4.69) is 0 Å². The zero-order valence-electron chi connectivity index (χ0n) is 7.27. The van der Waals surface area contributed by atoms with Crippen molar-refractivity contribution in [2.75, 3.05) is 6.61 Å². The van der Waals surface area contributed by atoms with Crippen LogP contribution in [-0.2, 0) is 14.2 Å². The van der Waals surface area contributed by atoms with E-state index in [9.17, 15) is 5.11 Å². The Morgan fingerprint density at radius 3 is 2.58 bits per heavy atom. The molecule has 72 valence electrons. The molecule has 0 bridgehead atoms. The molecule has 1 rings (SSSR count). The minimum absolute atomic E-state index is 0.227. The summed E-state index contributed by atoms with van der Waals surface area (Å²) < 4.78 is 15.0. The summed E-state index contributed by atoms with van der Waals surface area (Å²) in [6, 6.07) is -0.638. The highest BCUT2D eigenvalue weighted by molar-refractivity contribution is 4.73. The molecule has 1 aliphatic rings. The molecule has 0 aliphatic carbocycles. The van der Waals surface area contributed by atoms with E-state index in [1.54, 1.807) is 13.8 Å². The van der Waals surface area contributed by atoms with Gasteiger partial charge in [0.05, 0.1) is 0 Å². The third-order valence-corrected chi connectivity index (χ3v) is 1.63. The zero-order chi connectivity index (χ0) is 9.14. The molecule has 2 atom stereocenters. The van der Waals surface area contributed by atoms with Gasteiger partial charge in [-0.05, 0) is 13.8 Å². The number of nitrogens with two attached hydrogens (primary N) is 1. The maximum absolute atomic E-state index is 9.23. The average molecular weight is 177 g/mol. The van der Waals surface area contributed by atoms with Crippen LogP contribution in [0.5, 0.6) is 0 Å². The summed E-state index contributed by atoms with van der Waals surface area (Å²) in [6.45, 7) is 3.95. The Bertz CT molecular complexity index is 133. The standard InChI is InChI=1S/C7H15NO4/c1-3-10-6(9)5(8)7-11-4(2)12-7/h4-7,9H,3,8H2,1-2H3. The Labute approximate surface area is 71.4 Å². The maximum atomic E-state index is 9.23. The van der Waals surface area contributed by atoms with Crippen LogP contribution in [0.15, 0.2) is 0 Å². The fraction of sp³-hybridized carbons (Fsp3) is 1.00. The first-order valence-electron chi connectivity index (χ1n) is 4.01. The average Bonchev–Trinajstić information content (AvgIpc) is 1.98. The highest BCUT2D eigenvalue weighted by atomic mass is 16.9. The van der Waals surface area contributed by atoms with E-state index >= 15 is 0 Å². The first-order valence-corrected chi connectivity index (χ1v) is 4.01. The molecule has 0 radical (unpaired) electrons. The van der Waals surface area contributed by atoms with Crippen molar-refractivity contribution in [3.8, 4) is 0 Å². The normalized spacial score (nSPS) is 34.0. The van der Waals surface area contributed by atoms with Crippen LogP contribution in [0.25, 0.3) is 0 Å². The molecule has 1 saturated heterocycles. The smallest absolute Gasteiger partial charge is 0.183 e. The third kappa shape index (κ3) is 2.15. The lowest BCUT2D eigenvalue weighted by molar-refractivity contribution is -0.392. The van der Waals surface area contributed by atoms with Crippen LogP contribution in [0, 0.1) is 0 Å². The van der Waals surface area contributed by atoms with E-state index in [4.69, 9.17) is 19.9 Å². The van der Waals surface area contributed by atoms with Gasteiger partial charge in [-0.3, -0.25) is 0 Å². The molecule has 2 unspecified atom stereocenters.